The lowest BCUT2D eigenvalue weighted by Gasteiger charge is -2.17. The van der Waals surface area contributed by atoms with Gasteiger partial charge in [0.15, 0.2) is 0 Å². The van der Waals surface area contributed by atoms with Gasteiger partial charge in [-0.05, 0) is 32.1 Å². The molecule has 0 spiro atoms. The maximum absolute atomic E-state index is 12.4. The third-order valence-corrected chi connectivity index (χ3v) is 10.6. The molecule has 0 amide bonds. The minimum absolute atomic E-state index is 0.00324. The van der Waals surface area contributed by atoms with Crippen LogP contribution in [0.2, 0.25) is 0 Å². The summed E-state index contributed by atoms with van der Waals surface area (Å²) in [6, 6.07) is 0. The van der Waals surface area contributed by atoms with Gasteiger partial charge in [0.1, 0.15) is 25.1 Å². The molecule has 1 aliphatic rings. The highest BCUT2D eigenvalue weighted by molar-refractivity contribution is 5.86. The van der Waals surface area contributed by atoms with Gasteiger partial charge in [0.05, 0.1) is 12.2 Å². The number of unbranched alkanes of at least 4 members (excludes halogenated alkanes) is 21. The minimum Gasteiger partial charge on any atom is -0.463 e. The number of aliphatic hydroxyl groups is 3. The fourth-order valence-electron chi connectivity index (χ4n) is 7.13. The first-order valence-electron chi connectivity index (χ1n) is 22.0. The van der Waals surface area contributed by atoms with Gasteiger partial charge in [-0.25, -0.2) is 0 Å². The zero-order valence-electron chi connectivity index (χ0n) is 34.0. The number of carbonyl (C=O) groups is 3. The monoisotopic (exact) mass is 749 g/mol. The van der Waals surface area contributed by atoms with E-state index in [-0.39, 0.29) is 43.7 Å². The van der Waals surface area contributed by atoms with Crippen LogP contribution in [0, 0.1) is 11.8 Å². The van der Waals surface area contributed by atoms with Crippen LogP contribution in [0.15, 0.2) is 24.3 Å². The molecule has 53 heavy (non-hydrogen) atoms. The summed E-state index contributed by atoms with van der Waals surface area (Å²) < 4.78 is 10.3. The van der Waals surface area contributed by atoms with Gasteiger partial charge in [-0.3, -0.25) is 14.4 Å². The molecule has 0 saturated heterocycles. The number of hydrogen-bond acceptors (Lipinski definition) is 8. The Balaban J connectivity index is 1.98. The lowest BCUT2D eigenvalue weighted by molar-refractivity contribution is -0.152. The Hall–Kier alpha value is -2.03. The van der Waals surface area contributed by atoms with Gasteiger partial charge >= 0.3 is 11.9 Å². The van der Waals surface area contributed by atoms with Gasteiger partial charge < -0.3 is 24.8 Å². The molecule has 0 aliphatic heterocycles. The molecule has 1 aliphatic carbocycles. The molecule has 0 unspecified atom stereocenters. The summed E-state index contributed by atoms with van der Waals surface area (Å²) in [5, 5.41) is 30.6. The molecule has 0 bridgehead atoms. The van der Waals surface area contributed by atoms with Crippen LogP contribution < -0.4 is 0 Å². The van der Waals surface area contributed by atoms with Crippen LogP contribution in [-0.2, 0) is 23.9 Å². The Bertz CT molecular complexity index is 962. The normalized spacial score (nSPS) is 18.7. The van der Waals surface area contributed by atoms with Crippen molar-refractivity contribution in [2.45, 2.75) is 218 Å². The Labute approximate surface area is 324 Å². The number of esters is 2. The molecule has 0 aromatic heterocycles. The Morgan fingerprint density at radius 1 is 0.660 bits per heavy atom. The average molecular weight is 749 g/mol. The van der Waals surface area contributed by atoms with E-state index in [0.717, 1.165) is 38.5 Å². The van der Waals surface area contributed by atoms with E-state index in [2.05, 4.69) is 13.8 Å². The van der Waals surface area contributed by atoms with Gasteiger partial charge in [0, 0.05) is 31.1 Å². The first kappa shape index (κ1) is 49.0. The van der Waals surface area contributed by atoms with E-state index in [0.29, 0.717) is 32.1 Å². The predicted octanol–water partition coefficient (Wildman–Crippen LogP) is 10.4. The fraction of sp³-hybridized carbons (Fsp3) is 0.844. The van der Waals surface area contributed by atoms with Gasteiger partial charge in [-0.2, -0.15) is 0 Å². The molecule has 0 aromatic carbocycles. The van der Waals surface area contributed by atoms with Crippen molar-refractivity contribution in [3.05, 3.63) is 24.3 Å². The Morgan fingerprint density at radius 2 is 1.11 bits per heavy atom. The van der Waals surface area contributed by atoms with Gasteiger partial charge in [-0.1, -0.05) is 173 Å². The molecule has 0 radical (unpaired) electrons. The molecule has 8 nitrogen and oxygen atoms in total. The highest BCUT2D eigenvalue weighted by Crippen LogP contribution is 2.33. The van der Waals surface area contributed by atoms with Crippen molar-refractivity contribution in [3.8, 4) is 0 Å². The van der Waals surface area contributed by atoms with Crippen LogP contribution in [-0.4, -0.2) is 64.6 Å². The van der Waals surface area contributed by atoms with Crippen molar-refractivity contribution in [3.63, 3.8) is 0 Å². The SMILES string of the molecule is CCCCCCCCCCCCCCCCCCCCCC(=O)OC[C@@H](O)COC(=O)CCC/C=C\C[C@H]1[C@@H](O)CC(=O)[C@@H]1/C=C/[C@@H](O)CCCCC. The number of allylic oxidation sites excluding steroid dienone is 3. The number of carbonyl (C=O) groups excluding carboxylic acids is 3. The van der Waals surface area contributed by atoms with E-state index < -0.39 is 30.2 Å². The smallest absolute Gasteiger partial charge is 0.305 e. The van der Waals surface area contributed by atoms with E-state index in [1.165, 1.54) is 103 Å². The number of rotatable bonds is 36. The quantitative estimate of drug-likeness (QED) is 0.0328. The van der Waals surface area contributed by atoms with Crippen molar-refractivity contribution < 1.29 is 39.2 Å². The maximum atomic E-state index is 12.4. The van der Waals surface area contributed by atoms with E-state index >= 15 is 0 Å². The molecule has 3 N–H and O–H groups in total. The molecule has 1 rings (SSSR count). The first-order chi connectivity index (χ1) is 25.8. The lowest BCUT2D eigenvalue weighted by Crippen LogP contribution is -2.25. The van der Waals surface area contributed by atoms with Gasteiger partial charge in [0.25, 0.3) is 0 Å². The van der Waals surface area contributed by atoms with Crippen LogP contribution in [0.4, 0.5) is 0 Å². The van der Waals surface area contributed by atoms with Crippen molar-refractivity contribution in [2.24, 2.45) is 11.8 Å². The lowest BCUT2D eigenvalue weighted by atomic mass is 9.90. The van der Waals surface area contributed by atoms with Crippen LogP contribution in [0.25, 0.3) is 0 Å². The highest BCUT2D eigenvalue weighted by atomic mass is 16.6. The second kappa shape index (κ2) is 34.5. The molecule has 1 saturated carbocycles. The zero-order chi connectivity index (χ0) is 38.8. The van der Waals surface area contributed by atoms with E-state index in [1.807, 2.05) is 12.2 Å². The van der Waals surface area contributed by atoms with Crippen LogP contribution in [0.3, 0.4) is 0 Å². The summed E-state index contributed by atoms with van der Waals surface area (Å²) in [5.41, 5.74) is 0. The van der Waals surface area contributed by atoms with E-state index in [9.17, 15) is 29.7 Å². The summed E-state index contributed by atoms with van der Waals surface area (Å²) >= 11 is 0. The van der Waals surface area contributed by atoms with Crippen molar-refractivity contribution in [1.29, 1.82) is 0 Å². The van der Waals surface area contributed by atoms with Crippen molar-refractivity contribution in [1.82, 2.24) is 0 Å². The Kier molecular flexibility index (Phi) is 31.9. The second-order valence-corrected chi connectivity index (χ2v) is 15.6. The van der Waals surface area contributed by atoms with Gasteiger partial charge in [0.2, 0.25) is 0 Å². The molecule has 308 valence electrons. The average Bonchev–Trinajstić information content (AvgIpc) is 3.41. The maximum Gasteiger partial charge on any atom is 0.305 e. The molecule has 1 fully saturated rings. The van der Waals surface area contributed by atoms with E-state index in [1.54, 1.807) is 12.2 Å². The molecular formula is C45H80O8. The number of ketones is 1. The van der Waals surface area contributed by atoms with Crippen LogP contribution in [0.1, 0.15) is 200 Å². The molecular weight excluding hydrogens is 668 g/mol. The largest absolute Gasteiger partial charge is 0.463 e. The van der Waals surface area contributed by atoms with Crippen molar-refractivity contribution in [2.75, 3.05) is 13.2 Å². The predicted molar refractivity (Wildman–Crippen MR) is 215 cm³/mol. The summed E-state index contributed by atoms with van der Waals surface area (Å²) in [4.78, 5) is 36.5. The third-order valence-electron chi connectivity index (χ3n) is 10.6. The van der Waals surface area contributed by atoms with Gasteiger partial charge in [-0.15, -0.1) is 0 Å². The topological polar surface area (TPSA) is 130 Å². The first-order valence-corrected chi connectivity index (χ1v) is 22.0. The summed E-state index contributed by atoms with van der Waals surface area (Å²) in [6.45, 7) is 3.99. The summed E-state index contributed by atoms with van der Waals surface area (Å²) in [7, 11) is 0. The molecule has 8 heteroatoms. The zero-order valence-corrected chi connectivity index (χ0v) is 34.0. The second-order valence-electron chi connectivity index (χ2n) is 15.6. The van der Waals surface area contributed by atoms with E-state index in [4.69, 9.17) is 9.47 Å². The molecule has 0 aromatic rings. The third kappa shape index (κ3) is 28.1. The van der Waals surface area contributed by atoms with Crippen LogP contribution in [0.5, 0.6) is 0 Å². The minimum atomic E-state index is -1.05. The molecule has 0 heterocycles. The standard InChI is InChI=1S/C45H80O8/c1-3-5-7-8-9-10-11-12-13-14-15-16-17-18-19-20-21-22-27-31-44(50)52-36-39(47)37-53-45(51)32-28-24-23-26-30-40-41(43(49)35-42(40)48)34-33-38(46)29-25-6-4-2/h23,26,33-34,38-42,46-48H,3-22,24-25,27-32,35-37H2,1-2H3/b26-23-,34-33+/t38-,39+,40+,41+,42-/m0/s1. The Morgan fingerprint density at radius 3 is 1.62 bits per heavy atom. The number of aliphatic hydroxyl groups excluding tert-OH is 3. The van der Waals surface area contributed by atoms with Crippen LogP contribution >= 0.6 is 0 Å². The summed E-state index contributed by atoms with van der Waals surface area (Å²) in [5.74, 6) is -1.35. The summed E-state index contributed by atoms with van der Waals surface area (Å²) in [6.07, 6.45) is 36.0. The highest BCUT2D eigenvalue weighted by Gasteiger charge is 2.39. The molecule has 5 atom stereocenters. The fourth-order valence-corrected chi connectivity index (χ4v) is 7.13. The number of ether oxygens (including phenoxy) is 2. The number of hydrogen-bond donors (Lipinski definition) is 3. The number of Topliss-reactive ketones (excluding diaryl/α,β-unsaturated/α-hetero) is 1. The van der Waals surface area contributed by atoms with Crippen molar-refractivity contribution >= 4 is 17.7 Å².